The first-order valence-corrected chi connectivity index (χ1v) is 30.9. The van der Waals surface area contributed by atoms with Crippen molar-refractivity contribution in [2.45, 2.75) is 290 Å². The lowest BCUT2D eigenvalue weighted by Crippen LogP contribution is -2.30. The fraction of sp³-hybridized carbons (Fsp3) is 0.691. The van der Waals surface area contributed by atoms with Gasteiger partial charge < -0.3 is 14.2 Å². The Bertz CT molecular complexity index is 1510. The predicted molar refractivity (Wildman–Crippen MR) is 320 cm³/mol. The Balaban J connectivity index is 4.32. The second kappa shape index (κ2) is 61.6. The summed E-state index contributed by atoms with van der Waals surface area (Å²) in [5.41, 5.74) is 0. The van der Waals surface area contributed by atoms with Crippen molar-refractivity contribution in [3.8, 4) is 0 Å². The molecule has 0 rings (SSSR count). The molecule has 0 N–H and O–H groups in total. The van der Waals surface area contributed by atoms with Gasteiger partial charge >= 0.3 is 17.9 Å². The van der Waals surface area contributed by atoms with Crippen molar-refractivity contribution >= 4 is 17.9 Å². The van der Waals surface area contributed by atoms with Crippen molar-refractivity contribution in [3.05, 3.63) is 109 Å². The van der Waals surface area contributed by atoms with E-state index in [-0.39, 0.29) is 31.1 Å². The van der Waals surface area contributed by atoms with Gasteiger partial charge in [-0.2, -0.15) is 0 Å². The van der Waals surface area contributed by atoms with E-state index in [0.717, 1.165) is 128 Å². The molecule has 0 bridgehead atoms. The first-order chi connectivity index (χ1) is 36.5. The quantitative estimate of drug-likeness (QED) is 0.0261. The van der Waals surface area contributed by atoms with Crippen LogP contribution in [0.4, 0.5) is 0 Å². The van der Waals surface area contributed by atoms with Crippen LogP contribution < -0.4 is 0 Å². The normalized spacial score (nSPS) is 12.9. The van der Waals surface area contributed by atoms with E-state index >= 15 is 0 Å². The zero-order chi connectivity index (χ0) is 53.6. The van der Waals surface area contributed by atoms with Crippen LogP contribution in [-0.4, -0.2) is 37.2 Å². The molecule has 0 radical (unpaired) electrons. The van der Waals surface area contributed by atoms with Gasteiger partial charge in [0.05, 0.1) is 0 Å². The van der Waals surface area contributed by atoms with Gasteiger partial charge in [-0.25, -0.2) is 0 Å². The summed E-state index contributed by atoms with van der Waals surface area (Å²) in [4.78, 5) is 38.2. The van der Waals surface area contributed by atoms with Crippen LogP contribution in [-0.2, 0) is 28.6 Å². The third kappa shape index (κ3) is 59.0. The molecular weight excluding hydrogens is 913 g/mol. The van der Waals surface area contributed by atoms with Crippen molar-refractivity contribution in [1.29, 1.82) is 0 Å². The summed E-state index contributed by atoms with van der Waals surface area (Å²) >= 11 is 0. The molecule has 0 aromatic rings. The molecule has 0 fully saturated rings. The van der Waals surface area contributed by atoms with Crippen LogP contribution in [0, 0.1) is 0 Å². The first-order valence-electron chi connectivity index (χ1n) is 30.9. The number of allylic oxidation sites excluding steroid dienone is 18. The maximum absolute atomic E-state index is 12.9. The molecular formula is C68H114O6. The third-order valence-corrected chi connectivity index (χ3v) is 13.0. The van der Waals surface area contributed by atoms with E-state index in [2.05, 4.69) is 130 Å². The molecule has 0 aliphatic carbocycles. The van der Waals surface area contributed by atoms with E-state index in [1.807, 2.05) is 0 Å². The molecule has 0 spiro atoms. The summed E-state index contributed by atoms with van der Waals surface area (Å²) in [6, 6.07) is 0. The fourth-order valence-corrected chi connectivity index (χ4v) is 8.35. The molecule has 6 heteroatoms. The zero-order valence-corrected chi connectivity index (χ0v) is 48.3. The maximum Gasteiger partial charge on any atom is 0.306 e. The monoisotopic (exact) mass is 1030 g/mol. The van der Waals surface area contributed by atoms with Crippen molar-refractivity contribution in [2.75, 3.05) is 13.2 Å². The zero-order valence-electron chi connectivity index (χ0n) is 48.3. The van der Waals surface area contributed by atoms with E-state index in [1.54, 1.807) is 0 Å². The number of carbonyl (C=O) groups is 3. The lowest BCUT2D eigenvalue weighted by Gasteiger charge is -2.18. The van der Waals surface area contributed by atoms with Gasteiger partial charge in [-0.15, -0.1) is 0 Å². The number of hydrogen-bond acceptors (Lipinski definition) is 6. The van der Waals surface area contributed by atoms with Gasteiger partial charge in [-0.05, 0) is 128 Å². The van der Waals surface area contributed by atoms with Gasteiger partial charge in [0.2, 0.25) is 0 Å². The predicted octanol–water partition coefficient (Wildman–Crippen LogP) is 21.0. The van der Waals surface area contributed by atoms with Gasteiger partial charge in [0.25, 0.3) is 0 Å². The minimum Gasteiger partial charge on any atom is -0.462 e. The molecule has 0 aromatic heterocycles. The number of rotatable bonds is 55. The molecule has 0 aliphatic heterocycles. The molecule has 0 aliphatic rings. The number of carbonyl (C=O) groups excluding carboxylic acids is 3. The highest BCUT2D eigenvalue weighted by molar-refractivity contribution is 5.71. The van der Waals surface area contributed by atoms with E-state index < -0.39 is 6.10 Å². The second-order valence-corrected chi connectivity index (χ2v) is 20.2. The van der Waals surface area contributed by atoms with Gasteiger partial charge in [0, 0.05) is 19.3 Å². The van der Waals surface area contributed by atoms with Gasteiger partial charge in [0.15, 0.2) is 6.10 Å². The molecule has 0 heterocycles. The summed E-state index contributed by atoms with van der Waals surface area (Å²) in [6.45, 7) is 6.49. The Morgan fingerprint density at radius 3 is 0.851 bits per heavy atom. The van der Waals surface area contributed by atoms with Crippen LogP contribution in [0.1, 0.15) is 284 Å². The van der Waals surface area contributed by atoms with Crippen molar-refractivity contribution in [2.24, 2.45) is 0 Å². The van der Waals surface area contributed by atoms with Gasteiger partial charge in [-0.3, -0.25) is 14.4 Å². The van der Waals surface area contributed by atoms with E-state index in [4.69, 9.17) is 14.2 Å². The van der Waals surface area contributed by atoms with Crippen LogP contribution >= 0.6 is 0 Å². The van der Waals surface area contributed by atoms with Crippen molar-refractivity contribution in [1.82, 2.24) is 0 Å². The number of esters is 3. The molecule has 0 amide bonds. The lowest BCUT2D eigenvalue weighted by molar-refractivity contribution is -0.167. The molecule has 1 unspecified atom stereocenters. The number of ether oxygens (including phenoxy) is 3. The molecule has 0 saturated heterocycles. The second-order valence-electron chi connectivity index (χ2n) is 20.2. The average molecular weight is 1030 g/mol. The smallest absolute Gasteiger partial charge is 0.306 e. The van der Waals surface area contributed by atoms with Crippen molar-refractivity contribution in [3.63, 3.8) is 0 Å². The Morgan fingerprint density at radius 1 is 0.284 bits per heavy atom. The van der Waals surface area contributed by atoms with Crippen molar-refractivity contribution < 1.29 is 28.6 Å². The minimum atomic E-state index is -0.792. The van der Waals surface area contributed by atoms with Gasteiger partial charge in [0.1, 0.15) is 13.2 Å². The Kier molecular flexibility index (Phi) is 58.3. The summed E-state index contributed by atoms with van der Waals surface area (Å²) in [6.07, 6.45) is 83.7. The molecule has 422 valence electrons. The van der Waals surface area contributed by atoms with Crippen LogP contribution in [0.3, 0.4) is 0 Å². The minimum absolute atomic E-state index is 0.0891. The summed E-state index contributed by atoms with van der Waals surface area (Å²) in [5, 5.41) is 0. The maximum atomic E-state index is 12.9. The van der Waals surface area contributed by atoms with E-state index in [0.29, 0.717) is 19.3 Å². The first kappa shape index (κ1) is 70.1. The molecule has 0 aromatic carbocycles. The molecule has 1 atom stereocenters. The number of hydrogen-bond donors (Lipinski definition) is 0. The number of unbranched alkanes of at least 4 members (excludes halogenated alkanes) is 26. The highest BCUT2D eigenvalue weighted by atomic mass is 16.6. The van der Waals surface area contributed by atoms with Crippen LogP contribution in [0.2, 0.25) is 0 Å². The molecule has 6 nitrogen and oxygen atoms in total. The highest BCUT2D eigenvalue weighted by Gasteiger charge is 2.19. The fourth-order valence-electron chi connectivity index (χ4n) is 8.35. The van der Waals surface area contributed by atoms with E-state index in [1.165, 1.54) is 116 Å². The summed E-state index contributed by atoms with van der Waals surface area (Å²) in [5.74, 6) is -0.914. The van der Waals surface area contributed by atoms with Crippen LogP contribution in [0.15, 0.2) is 109 Å². The SMILES string of the molecule is CC/C=C\C/C=C\C/C=C\C/C=C\C/C=C\C/C=C\C/C=C\CCCCCCCCCC(=O)OCC(COC(=O)CCCCCCC/C=C\CCCCCC)OC(=O)CCCCCCC/C=C\CCCCCCC. The standard InChI is InChI=1S/C68H114O6/c1-4-7-10-13-16-19-22-25-27-28-29-30-31-32-33-34-35-36-37-38-39-40-41-44-46-49-52-55-58-61-67(70)73-64-65(63-72-66(69)60-57-54-51-48-45-42-24-21-18-15-12-9-6-3)74-68(71)62-59-56-53-50-47-43-26-23-20-17-14-11-8-5-2/h7,10,16,19,21,23-27,29-30,32-33,35-36,38-39,65H,4-6,8-9,11-15,17-18,20,22,28,31,34,37,40-64H2,1-3H3/b10-7-,19-16-,24-21-,26-23-,27-25-,30-29-,33-32-,36-35-,39-38-. The Hall–Kier alpha value is -3.93. The van der Waals surface area contributed by atoms with Crippen LogP contribution in [0.25, 0.3) is 0 Å². The van der Waals surface area contributed by atoms with E-state index in [9.17, 15) is 14.4 Å². The summed E-state index contributed by atoms with van der Waals surface area (Å²) < 4.78 is 16.9. The molecule has 0 saturated carbocycles. The Labute approximate surface area is 457 Å². The topological polar surface area (TPSA) is 78.9 Å². The van der Waals surface area contributed by atoms with Crippen LogP contribution in [0.5, 0.6) is 0 Å². The highest BCUT2D eigenvalue weighted by Crippen LogP contribution is 2.15. The van der Waals surface area contributed by atoms with Gasteiger partial charge in [-0.1, -0.05) is 246 Å². The molecule has 74 heavy (non-hydrogen) atoms. The lowest BCUT2D eigenvalue weighted by atomic mass is 10.1. The largest absolute Gasteiger partial charge is 0.462 e. The Morgan fingerprint density at radius 2 is 0.527 bits per heavy atom. The average Bonchev–Trinajstić information content (AvgIpc) is 3.40. The summed E-state index contributed by atoms with van der Waals surface area (Å²) in [7, 11) is 0. The third-order valence-electron chi connectivity index (χ3n) is 13.0.